The lowest BCUT2D eigenvalue weighted by Gasteiger charge is -2.27. The Balaban J connectivity index is 1.60. The Morgan fingerprint density at radius 1 is 0.879 bits per heavy atom. The number of azo groups is 1. The minimum Gasteiger partial charge on any atom is -0.339 e. The van der Waals surface area contributed by atoms with E-state index >= 15 is 0 Å². The molecule has 1 amide bonds. The van der Waals surface area contributed by atoms with Crippen LogP contribution in [0.3, 0.4) is 0 Å². The van der Waals surface area contributed by atoms with Gasteiger partial charge in [0, 0.05) is 11.3 Å². The molecule has 0 heterocycles. The zero-order valence-electron chi connectivity index (χ0n) is 17.4. The van der Waals surface area contributed by atoms with Gasteiger partial charge in [-0.05, 0) is 67.7 Å². The van der Waals surface area contributed by atoms with E-state index in [4.69, 9.17) is 47.0 Å². The highest BCUT2D eigenvalue weighted by Gasteiger charge is 2.34. The second kappa shape index (κ2) is 11.4. The van der Waals surface area contributed by atoms with E-state index in [1.165, 1.54) is 0 Å². The Bertz CT molecular complexity index is 1130. The first-order valence-corrected chi connectivity index (χ1v) is 11.3. The molecule has 10 heteroatoms. The molecule has 0 radical (unpaired) electrons. The van der Waals surface area contributed by atoms with E-state index in [0.717, 1.165) is 11.3 Å². The summed E-state index contributed by atoms with van der Waals surface area (Å²) in [5.74, 6) is -0.404. The lowest BCUT2D eigenvalue weighted by Crippen LogP contribution is -2.56. The van der Waals surface area contributed by atoms with Gasteiger partial charge in [-0.3, -0.25) is 4.79 Å². The number of aryl methyl sites for hydroxylation is 1. The maximum Gasteiger partial charge on any atom is 0.252 e. The number of carbonyl (C=O) groups excluding carboxylic acids is 1. The molecule has 1 atom stereocenters. The van der Waals surface area contributed by atoms with Gasteiger partial charge in [-0.25, -0.2) is 0 Å². The molecular formula is C23H20Cl3N5OS. The van der Waals surface area contributed by atoms with Crippen molar-refractivity contribution in [3.05, 3.63) is 90.0 Å². The average molecular weight is 521 g/mol. The van der Waals surface area contributed by atoms with Crippen molar-refractivity contribution in [2.24, 2.45) is 10.2 Å². The van der Waals surface area contributed by atoms with E-state index in [1.54, 1.807) is 42.5 Å². The molecule has 3 aromatic rings. The summed E-state index contributed by atoms with van der Waals surface area (Å²) in [4.78, 5) is 12.6. The number of carbonyl (C=O) groups is 1. The van der Waals surface area contributed by atoms with Crippen LogP contribution in [0.15, 0.2) is 89.1 Å². The predicted molar refractivity (Wildman–Crippen MR) is 139 cm³/mol. The summed E-state index contributed by atoms with van der Waals surface area (Å²) in [5.41, 5.74) is 3.49. The third kappa shape index (κ3) is 7.98. The number of anilines is 1. The number of amides is 1. The van der Waals surface area contributed by atoms with E-state index in [-0.39, 0.29) is 5.11 Å². The summed E-state index contributed by atoms with van der Waals surface area (Å²) in [6.45, 7) is 1.88. The number of benzene rings is 3. The molecule has 33 heavy (non-hydrogen) atoms. The van der Waals surface area contributed by atoms with Gasteiger partial charge in [-0.2, -0.15) is 10.2 Å². The van der Waals surface area contributed by atoms with Crippen molar-refractivity contribution >= 4 is 75.1 Å². The molecule has 3 N–H and O–H groups in total. The fourth-order valence-electron chi connectivity index (χ4n) is 2.72. The summed E-state index contributed by atoms with van der Waals surface area (Å²) < 4.78 is -1.85. The Kier molecular flexibility index (Phi) is 8.63. The van der Waals surface area contributed by atoms with Gasteiger partial charge < -0.3 is 16.0 Å². The zero-order valence-corrected chi connectivity index (χ0v) is 20.5. The van der Waals surface area contributed by atoms with Crippen molar-refractivity contribution in [3.63, 3.8) is 0 Å². The van der Waals surface area contributed by atoms with Crippen LogP contribution in [0.5, 0.6) is 0 Å². The van der Waals surface area contributed by atoms with Crippen LogP contribution >= 0.6 is 47.0 Å². The van der Waals surface area contributed by atoms with E-state index in [9.17, 15) is 4.79 Å². The van der Waals surface area contributed by atoms with Crippen LogP contribution < -0.4 is 16.0 Å². The Morgan fingerprint density at radius 2 is 1.52 bits per heavy atom. The molecule has 6 nitrogen and oxygen atoms in total. The lowest BCUT2D eigenvalue weighted by atomic mass is 10.1. The standard InChI is InChI=1S/C23H20Cl3N5OS/c1-15-6-5-7-16(14-15)20(32)28-21(23(24,25)26)29-22(33)27-17-10-12-19(13-11-17)31-30-18-8-3-2-4-9-18/h2-14,21H,1H3,(H,28,32)(H2,27,29,33). The summed E-state index contributed by atoms with van der Waals surface area (Å²) in [6.07, 6.45) is -1.07. The normalized spacial score (nSPS) is 12.2. The van der Waals surface area contributed by atoms with Crippen molar-refractivity contribution in [1.29, 1.82) is 0 Å². The molecule has 0 fully saturated rings. The highest BCUT2D eigenvalue weighted by molar-refractivity contribution is 7.80. The molecule has 0 saturated heterocycles. The molecule has 3 rings (SSSR count). The van der Waals surface area contributed by atoms with Crippen molar-refractivity contribution in [2.75, 3.05) is 5.32 Å². The number of hydrogen-bond acceptors (Lipinski definition) is 4. The molecule has 170 valence electrons. The summed E-state index contributed by atoms with van der Waals surface area (Å²) >= 11 is 23.5. The van der Waals surface area contributed by atoms with Gasteiger partial charge in [0.05, 0.1) is 11.4 Å². The van der Waals surface area contributed by atoms with Crippen LogP contribution in [0.1, 0.15) is 15.9 Å². The van der Waals surface area contributed by atoms with Crippen molar-refractivity contribution in [3.8, 4) is 0 Å². The maximum atomic E-state index is 12.6. The first-order valence-electron chi connectivity index (χ1n) is 9.79. The van der Waals surface area contributed by atoms with Crippen LogP contribution in [-0.2, 0) is 0 Å². The van der Waals surface area contributed by atoms with Crippen LogP contribution in [0.4, 0.5) is 17.1 Å². The molecule has 0 aliphatic heterocycles. The van der Waals surface area contributed by atoms with Crippen LogP contribution in [-0.4, -0.2) is 21.0 Å². The SMILES string of the molecule is Cc1cccc(C(=O)NC(NC(=S)Nc2ccc(N=Nc3ccccc3)cc2)C(Cl)(Cl)Cl)c1. The first kappa shape index (κ1) is 24.9. The fourth-order valence-corrected chi connectivity index (χ4v) is 3.28. The van der Waals surface area contributed by atoms with Gasteiger partial charge in [0.25, 0.3) is 5.91 Å². The quantitative estimate of drug-likeness (QED) is 0.144. The number of nitrogens with one attached hydrogen (secondary N) is 3. The van der Waals surface area contributed by atoms with E-state index in [1.807, 2.05) is 43.3 Å². The second-order valence-corrected chi connectivity index (χ2v) is 9.78. The van der Waals surface area contributed by atoms with Crippen molar-refractivity contribution < 1.29 is 4.79 Å². The smallest absolute Gasteiger partial charge is 0.252 e. The van der Waals surface area contributed by atoms with Crippen LogP contribution in [0.2, 0.25) is 0 Å². The number of nitrogens with zero attached hydrogens (tertiary/aromatic N) is 2. The van der Waals surface area contributed by atoms with Gasteiger partial charge in [0.1, 0.15) is 6.17 Å². The molecule has 0 aliphatic rings. The van der Waals surface area contributed by atoms with Gasteiger partial charge in [0.2, 0.25) is 3.79 Å². The van der Waals surface area contributed by atoms with Crippen molar-refractivity contribution in [2.45, 2.75) is 16.9 Å². The Morgan fingerprint density at radius 3 is 2.12 bits per heavy atom. The Labute approximate surface area is 212 Å². The van der Waals surface area contributed by atoms with Gasteiger partial charge in [-0.1, -0.05) is 70.7 Å². The molecule has 3 aromatic carbocycles. The number of thiocarbonyl (C=S) groups is 1. The maximum absolute atomic E-state index is 12.6. The molecule has 0 aromatic heterocycles. The van der Waals surface area contributed by atoms with Gasteiger partial charge in [-0.15, -0.1) is 0 Å². The molecule has 0 aliphatic carbocycles. The number of hydrogen-bond donors (Lipinski definition) is 3. The van der Waals surface area contributed by atoms with Gasteiger partial charge in [0.15, 0.2) is 5.11 Å². The molecule has 0 bridgehead atoms. The predicted octanol–water partition coefficient (Wildman–Crippen LogP) is 6.82. The van der Waals surface area contributed by atoms with E-state index < -0.39 is 15.9 Å². The lowest BCUT2D eigenvalue weighted by molar-refractivity contribution is 0.0934. The third-order valence-electron chi connectivity index (χ3n) is 4.32. The van der Waals surface area contributed by atoms with Crippen molar-refractivity contribution in [1.82, 2.24) is 10.6 Å². The topological polar surface area (TPSA) is 77.9 Å². The fraction of sp³-hybridized carbons (Fsp3) is 0.130. The molecule has 0 saturated carbocycles. The van der Waals surface area contributed by atoms with Gasteiger partial charge >= 0.3 is 0 Å². The second-order valence-electron chi connectivity index (χ2n) is 7.00. The summed E-state index contributed by atoms with van der Waals surface area (Å²) in [5, 5.41) is 17.0. The minimum absolute atomic E-state index is 0.162. The van der Waals surface area contributed by atoms with Crippen LogP contribution in [0.25, 0.3) is 0 Å². The van der Waals surface area contributed by atoms with Crippen LogP contribution in [0, 0.1) is 6.92 Å². The summed E-state index contributed by atoms with van der Waals surface area (Å²) in [6, 6.07) is 23.6. The number of rotatable bonds is 6. The first-order chi connectivity index (χ1) is 15.7. The van der Waals surface area contributed by atoms with E-state index in [0.29, 0.717) is 16.9 Å². The largest absolute Gasteiger partial charge is 0.339 e. The number of alkyl halides is 3. The zero-order chi connectivity index (χ0) is 23.8. The summed E-state index contributed by atoms with van der Waals surface area (Å²) in [7, 11) is 0. The highest BCUT2D eigenvalue weighted by atomic mass is 35.6. The molecular weight excluding hydrogens is 501 g/mol. The number of halogens is 3. The monoisotopic (exact) mass is 519 g/mol. The minimum atomic E-state index is -1.85. The Hall–Kier alpha value is -2.71. The molecule has 0 spiro atoms. The third-order valence-corrected chi connectivity index (χ3v) is 5.20. The average Bonchev–Trinajstić information content (AvgIpc) is 2.78. The van der Waals surface area contributed by atoms with E-state index in [2.05, 4.69) is 26.2 Å². The molecule has 1 unspecified atom stereocenters. The highest BCUT2D eigenvalue weighted by Crippen LogP contribution is 2.29.